The highest BCUT2D eigenvalue weighted by atomic mass is 32.2. The molecule has 1 saturated heterocycles. The maximum absolute atomic E-state index is 12.5. The van der Waals surface area contributed by atoms with Gasteiger partial charge in [0.1, 0.15) is 12.2 Å². The van der Waals surface area contributed by atoms with E-state index < -0.39 is 18.4 Å². The fraction of sp³-hybridized carbons (Fsp3) is 0.333. The van der Waals surface area contributed by atoms with Crippen LogP contribution in [0.3, 0.4) is 0 Å². The van der Waals surface area contributed by atoms with E-state index >= 15 is 0 Å². The zero-order chi connectivity index (χ0) is 24.4. The largest absolute Gasteiger partial charge is 0.405 e. The molecule has 0 aromatic heterocycles. The summed E-state index contributed by atoms with van der Waals surface area (Å²) in [5.41, 5.74) is 0.991. The van der Waals surface area contributed by atoms with Gasteiger partial charge in [-0.3, -0.25) is 4.18 Å². The van der Waals surface area contributed by atoms with Crippen LogP contribution in [0.5, 0.6) is 0 Å². The smallest absolute Gasteiger partial charge is 0.297 e. The molecule has 1 fully saturated rings. The Kier molecular flexibility index (Phi) is 7.12. The molecule has 0 aliphatic carbocycles. The Hall–Kier alpha value is -2.29. The fourth-order valence-electron chi connectivity index (χ4n) is 4.37. The van der Waals surface area contributed by atoms with Crippen LogP contribution in [0.1, 0.15) is 26.3 Å². The van der Waals surface area contributed by atoms with Gasteiger partial charge in [-0.25, -0.2) is 0 Å². The van der Waals surface area contributed by atoms with Crippen molar-refractivity contribution in [1.29, 1.82) is 0 Å². The second-order valence-electron chi connectivity index (χ2n) is 9.74. The molecule has 0 bridgehead atoms. The number of ether oxygens (including phenoxy) is 1. The lowest BCUT2D eigenvalue weighted by Gasteiger charge is -2.43. The maximum atomic E-state index is 12.5. The Balaban J connectivity index is 1.48. The third-order valence-electron chi connectivity index (χ3n) is 6.27. The Bertz CT molecular complexity index is 1150. The van der Waals surface area contributed by atoms with Gasteiger partial charge in [0.05, 0.1) is 18.1 Å². The average molecular weight is 497 g/mol. The molecule has 3 aromatic carbocycles. The van der Waals surface area contributed by atoms with Gasteiger partial charge >= 0.3 is 0 Å². The van der Waals surface area contributed by atoms with E-state index in [4.69, 9.17) is 13.3 Å². The molecule has 0 radical (unpaired) electrons. The summed E-state index contributed by atoms with van der Waals surface area (Å²) in [4.78, 5) is 0.152. The Morgan fingerprint density at radius 1 is 0.794 bits per heavy atom. The van der Waals surface area contributed by atoms with E-state index in [2.05, 4.69) is 69.3 Å². The van der Waals surface area contributed by atoms with Gasteiger partial charge in [-0.15, -0.1) is 0 Å². The first kappa shape index (κ1) is 24.8. The van der Waals surface area contributed by atoms with Crippen molar-refractivity contribution < 1.29 is 21.8 Å². The van der Waals surface area contributed by atoms with Gasteiger partial charge in [0.25, 0.3) is 18.4 Å². The number of hydrogen-bond acceptors (Lipinski definition) is 5. The van der Waals surface area contributed by atoms with Gasteiger partial charge < -0.3 is 9.16 Å². The van der Waals surface area contributed by atoms with Crippen molar-refractivity contribution in [3.8, 4) is 0 Å². The molecule has 0 N–H and O–H groups in total. The molecule has 2 atom stereocenters. The van der Waals surface area contributed by atoms with Crippen LogP contribution < -0.4 is 10.4 Å². The van der Waals surface area contributed by atoms with E-state index in [0.29, 0.717) is 6.61 Å². The number of rotatable bonds is 9. The second kappa shape index (κ2) is 9.75. The standard InChI is InChI=1S/C27H32O5SSi/c1-21-15-17-22(18-16-21)33(28,29)30-19-25-26(32-25)20-31-34(27(2,3)4,23-11-7-5-8-12-23)24-13-9-6-10-14-24/h5-18,25-26H,19-20H2,1-4H3/t25-,26+/m1/s1. The first-order chi connectivity index (χ1) is 16.1. The van der Waals surface area contributed by atoms with E-state index in [-0.39, 0.29) is 28.7 Å². The van der Waals surface area contributed by atoms with Crippen molar-refractivity contribution in [2.75, 3.05) is 13.2 Å². The van der Waals surface area contributed by atoms with Crippen LogP contribution in [0, 0.1) is 6.92 Å². The molecule has 180 valence electrons. The summed E-state index contributed by atoms with van der Waals surface area (Å²) in [6, 6.07) is 27.4. The first-order valence-electron chi connectivity index (χ1n) is 11.5. The lowest BCUT2D eigenvalue weighted by atomic mass is 10.2. The lowest BCUT2D eigenvalue weighted by molar-refractivity contribution is 0.239. The van der Waals surface area contributed by atoms with Gasteiger partial charge in [0.2, 0.25) is 0 Å². The van der Waals surface area contributed by atoms with Crippen molar-refractivity contribution in [3.63, 3.8) is 0 Å². The van der Waals surface area contributed by atoms with Crippen LogP contribution in [-0.4, -0.2) is 42.2 Å². The quantitative estimate of drug-likeness (QED) is 0.254. The molecular weight excluding hydrogens is 464 g/mol. The Morgan fingerprint density at radius 2 is 1.29 bits per heavy atom. The normalized spacial score (nSPS) is 18.6. The highest BCUT2D eigenvalue weighted by molar-refractivity contribution is 7.86. The topological polar surface area (TPSA) is 65.1 Å². The monoisotopic (exact) mass is 496 g/mol. The Morgan fingerprint density at radius 3 is 1.79 bits per heavy atom. The Labute approximate surface area is 204 Å². The third kappa shape index (κ3) is 5.19. The molecule has 1 aliphatic heterocycles. The minimum atomic E-state index is -3.82. The summed E-state index contributed by atoms with van der Waals surface area (Å²) in [5.74, 6) is 0. The van der Waals surface area contributed by atoms with Gasteiger partial charge in [-0.2, -0.15) is 8.42 Å². The van der Waals surface area contributed by atoms with Gasteiger partial charge in [0, 0.05) is 0 Å². The molecule has 0 spiro atoms. The molecule has 4 rings (SSSR count). The maximum Gasteiger partial charge on any atom is 0.297 e. The van der Waals surface area contributed by atoms with E-state index in [1.807, 2.05) is 19.1 Å². The van der Waals surface area contributed by atoms with E-state index in [0.717, 1.165) is 5.56 Å². The first-order valence-corrected chi connectivity index (χ1v) is 14.8. The molecule has 0 unspecified atom stereocenters. The summed E-state index contributed by atoms with van der Waals surface area (Å²) in [6.45, 7) is 8.94. The molecule has 0 saturated carbocycles. The molecular formula is C27H32O5SSi. The molecule has 7 heteroatoms. The molecule has 5 nitrogen and oxygen atoms in total. The SMILES string of the molecule is Cc1ccc(S(=O)(=O)OC[C@H]2O[C@H]2CO[Si](c2ccccc2)(c2ccccc2)C(C)(C)C)cc1. The van der Waals surface area contributed by atoms with E-state index in [1.54, 1.807) is 24.3 Å². The average Bonchev–Trinajstić information content (AvgIpc) is 3.57. The second-order valence-corrected chi connectivity index (χ2v) is 15.7. The van der Waals surface area contributed by atoms with Crippen LogP contribution in [0.2, 0.25) is 5.04 Å². The minimum absolute atomic E-state index is 0.0228. The molecule has 3 aromatic rings. The number of epoxide rings is 1. The van der Waals surface area contributed by atoms with Gasteiger partial charge in [-0.05, 0) is 34.5 Å². The van der Waals surface area contributed by atoms with Gasteiger partial charge in [-0.1, -0.05) is 99.1 Å². The summed E-state index contributed by atoms with van der Waals surface area (Å²) in [5, 5.41) is 2.26. The van der Waals surface area contributed by atoms with Gasteiger partial charge in [0.15, 0.2) is 0 Å². The molecule has 34 heavy (non-hydrogen) atoms. The minimum Gasteiger partial charge on any atom is -0.405 e. The van der Waals surface area contributed by atoms with Crippen molar-refractivity contribution in [2.45, 2.75) is 49.8 Å². The molecule has 1 heterocycles. The van der Waals surface area contributed by atoms with E-state index in [9.17, 15) is 8.42 Å². The number of hydrogen-bond donors (Lipinski definition) is 0. The lowest BCUT2D eigenvalue weighted by Crippen LogP contribution is -2.66. The van der Waals surface area contributed by atoms with Crippen LogP contribution in [0.4, 0.5) is 0 Å². The van der Waals surface area contributed by atoms with Crippen LogP contribution >= 0.6 is 0 Å². The zero-order valence-corrected chi connectivity index (χ0v) is 21.9. The van der Waals surface area contributed by atoms with Crippen molar-refractivity contribution in [1.82, 2.24) is 0 Å². The number of benzene rings is 3. The van der Waals surface area contributed by atoms with Crippen molar-refractivity contribution in [2.24, 2.45) is 0 Å². The van der Waals surface area contributed by atoms with Crippen molar-refractivity contribution >= 4 is 28.8 Å². The van der Waals surface area contributed by atoms with Crippen molar-refractivity contribution in [3.05, 3.63) is 90.5 Å². The molecule has 1 aliphatic rings. The molecule has 0 amide bonds. The van der Waals surface area contributed by atoms with Crippen LogP contribution in [0.25, 0.3) is 0 Å². The summed E-state index contributed by atoms with van der Waals surface area (Å²) < 4.78 is 42.9. The predicted molar refractivity (Wildman–Crippen MR) is 137 cm³/mol. The number of aryl methyl sites for hydroxylation is 1. The summed E-state index contributed by atoms with van der Waals surface area (Å²) in [7, 11) is -6.48. The third-order valence-corrected chi connectivity index (χ3v) is 12.6. The predicted octanol–water partition coefficient (Wildman–Crippen LogP) is 4.04. The van der Waals surface area contributed by atoms with Crippen LogP contribution in [0.15, 0.2) is 89.8 Å². The summed E-state index contributed by atoms with van der Waals surface area (Å²) in [6.07, 6.45) is -0.506. The summed E-state index contributed by atoms with van der Waals surface area (Å²) >= 11 is 0. The zero-order valence-electron chi connectivity index (χ0n) is 20.1. The highest BCUT2D eigenvalue weighted by Gasteiger charge is 2.52. The highest BCUT2D eigenvalue weighted by Crippen LogP contribution is 2.38. The van der Waals surface area contributed by atoms with E-state index in [1.165, 1.54) is 10.4 Å². The van der Waals surface area contributed by atoms with Crippen LogP contribution in [-0.2, 0) is 23.5 Å². The fourth-order valence-corrected chi connectivity index (χ4v) is 9.86.